The van der Waals surface area contributed by atoms with Crippen LogP contribution in [0.3, 0.4) is 0 Å². The minimum Gasteiger partial charge on any atom is -0.478 e. The average molecular weight is 393 g/mol. The predicted octanol–water partition coefficient (Wildman–Crippen LogP) is 6.38. The largest absolute Gasteiger partial charge is 0.478 e. The molecule has 0 radical (unpaired) electrons. The number of rotatable bonds is 1. The molecule has 26 heavy (non-hydrogen) atoms. The zero-order chi connectivity index (χ0) is 19.4. The summed E-state index contributed by atoms with van der Waals surface area (Å²) in [5.74, 6) is -1.48. The first-order valence-corrected chi connectivity index (χ1v) is 7.35. The minimum absolute atomic E-state index is 0.0170. The van der Waals surface area contributed by atoms with E-state index in [0.717, 1.165) is 12.1 Å². The van der Waals surface area contributed by atoms with Crippen molar-refractivity contribution in [1.29, 1.82) is 0 Å². The highest BCUT2D eigenvalue weighted by Gasteiger charge is 2.38. The van der Waals surface area contributed by atoms with Gasteiger partial charge in [-0.2, -0.15) is 26.3 Å². The molecule has 2 nitrogen and oxygen atoms in total. The van der Waals surface area contributed by atoms with Gasteiger partial charge in [0.25, 0.3) is 0 Å². The number of alkyl halides is 6. The Labute approximate surface area is 146 Å². The van der Waals surface area contributed by atoms with Crippen LogP contribution in [-0.2, 0) is 12.4 Å². The average Bonchev–Trinajstić information content (AvgIpc) is 2.50. The number of carbonyl (C=O) groups is 1. The van der Waals surface area contributed by atoms with Gasteiger partial charge >= 0.3 is 18.3 Å². The van der Waals surface area contributed by atoms with E-state index >= 15 is 0 Å². The summed E-state index contributed by atoms with van der Waals surface area (Å²) in [5.41, 5.74) is -3.45. The number of benzene rings is 3. The van der Waals surface area contributed by atoms with Crippen molar-refractivity contribution < 1.29 is 36.2 Å². The van der Waals surface area contributed by atoms with E-state index in [1.54, 1.807) is 0 Å². The first kappa shape index (κ1) is 18.3. The van der Waals surface area contributed by atoms with E-state index in [2.05, 4.69) is 0 Å². The van der Waals surface area contributed by atoms with E-state index in [4.69, 9.17) is 11.6 Å². The van der Waals surface area contributed by atoms with Gasteiger partial charge in [0.15, 0.2) is 0 Å². The van der Waals surface area contributed by atoms with E-state index in [1.807, 2.05) is 0 Å². The maximum atomic E-state index is 13.5. The zero-order valence-electron chi connectivity index (χ0n) is 12.5. The van der Waals surface area contributed by atoms with Crippen LogP contribution >= 0.6 is 11.6 Å². The van der Waals surface area contributed by atoms with E-state index in [1.165, 1.54) is 12.1 Å². The highest BCUT2D eigenvalue weighted by Crippen LogP contribution is 2.43. The van der Waals surface area contributed by atoms with Gasteiger partial charge in [-0.15, -0.1) is 0 Å². The molecule has 0 fully saturated rings. The van der Waals surface area contributed by atoms with Gasteiger partial charge in [0.2, 0.25) is 0 Å². The maximum Gasteiger partial charge on any atom is 0.417 e. The Morgan fingerprint density at radius 1 is 0.885 bits per heavy atom. The second-order valence-corrected chi connectivity index (χ2v) is 5.97. The Morgan fingerprint density at radius 3 is 2.08 bits per heavy atom. The summed E-state index contributed by atoms with van der Waals surface area (Å²) < 4.78 is 79.4. The van der Waals surface area contributed by atoms with Gasteiger partial charge in [-0.05, 0) is 46.5 Å². The number of fused-ring (bicyclic) bond motifs is 3. The van der Waals surface area contributed by atoms with Gasteiger partial charge in [-0.25, -0.2) is 4.79 Å². The standard InChI is InChI=1S/C17H7ClF6O2/c18-9-1-2-10-11(6-9)14-7(4-12(10)15(25)26)3-8(16(19,20)21)5-13(14)17(22,23)24/h1-6H,(H,25,26). The smallest absolute Gasteiger partial charge is 0.417 e. The van der Waals surface area contributed by atoms with Crippen molar-refractivity contribution in [2.75, 3.05) is 0 Å². The lowest BCUT2D eigenvalue weighted by Gasteiger charge is -2.17. The van der Waals surface area contributed by atoms with E-state index in [0.29, 0.717) is 6.07 Å². The van der Waals surface area contributed by atoms with Crippen LogP contribution in [0.1, 0.15) is 21.5 Å². The normalized spacial score (nSPS) is 12.7. The molecule has 0 bridgehead atoms. The lowest BCUT2D eigenvalue weighted by atomic mass is 9.92. The topological polar surface area (TPSA) is 37.3 Å². The third kappa shape index (κ3) is 3.05. The first-order valence-electron chi connectivity index (χ1n) is 6.97. The summed E-state index contributed by atoms with van der Waals surface area (Å²) in [6, 6.07) is 4.94. The van der Waals surface area contributed by atoms with Crippen LogP contribution < -0.4 is 0 Å². The molecule has 0 atom stereocenters. The van der Waals surface area contributed by atoms with Crippen molar-refractivity contribution in [3.63, 3.8) is 0 Å². The molecule has 0 amide bonds. The van der Waals surface area contributed by atoms with E-state index in [9.17, 15) is 36.2 Å². The van der Waals surface area contributed by atoms with Crippen molar-refractivity contribution in [2.24, 2.45) is 0 Å². The summed E-state index contributed by atoms with van der Waals surface area (Å²) in [4.78, 5) is 11.4. The first-order chi connectivity index (χ1) is 11.9. The molecule has 3 aromatic rings. The van der Waals surface area contributed by atoms with Crippen LogP contribution in [0, 0.1) is 0 Å². The molecule has 0 aliphatic carbocycles. The van der Waals surface area contributed by atoms with Crippen molar-refractivity contribution in [3.05, 3.63) is 58.1 Å². The fraction of sp³-hybridized carbons (Fsp3) is 0.118. The lowest BCUT2D eigenvalue weighted by Crippen LogP contribution is -2.12. The number of hydrogen-bond donors (Lipinski definition) is 1. The monoisotopic (exact) mass is 392 g/mol. The van der Waals surface area contributed by atoms with Gasteiger partial charge < -0.3 is 5.11 Å². The third-order valence-corrected chi connectivity index (χ3v) is 4.11. The Balaban J connectivity index is 2.62. The molecule has 0 saturated heterocycles. The molecule has 3 aromatic carbocycles. The summed E-state index contributed by atoms with van der Waals surface area (Å²) in [6.07, 6.45) is -10.1. The molecular formula is C17H7ClF6O2. The predicted molar refractivity (Wildman–Crippen MR) is 83.4 cm³/mol. The quantitative estimate of drug-likeness (QED) is 0.385. The van der Waals surface area contributed by atoms with Gasteiger partial charge in [-0.3, -0.25) is 0 Å². The summed E-state index contributed by atoms with van der Waals surface area (Å²) in [6.45, 7) is 0. The van der Waals surface area contributed by atoms with Gasteiger partial charge in [0, 0.05) is 10.4 Å². The van der Waals surface area contributed by atoms with Gasteiger partial charge in [0.1, 0.15) is 0 Å². The van der Waals surface area contributed by atoms with Gasteiger partial charge in [-0.1, -0.05) is 17.7 Å². The Morgan fingerprint density at radius 2 is 1.54 bits per heavy atom. The highest BCUT2D eigenvalue weighted by molar-refractivity contribution is 6.32. The van der Waals surface area contributed by atoms with Crippen molar-refractivity contribution in [2.45, 2.75) is 12.4 Å². The molecule has 9 heteroatoms. The Bertz CT molecular complexity index is 1050. The van der Waals surface area contributed by atoms with Crippen LogP contribution in [0.25, 0.3) is 21.5 Å². The summed E-state index contributed by atoms with van der Waals surface area (Å²) in [7, 11) is 0. The van der Waals surface area contributed by atoms with Crippen molar-refractivity contribution in [3.8, 4) is 0 Å². The molecular weight excluding hydrogens is 386 g/mol. The summed E-state index contributed by atoms with van der Waals surface area (Å²) in [5, 5.41) is 8.05. The van der Waals surface area contributed by atoms with E-state index in [-0.39, 0.29) is 21.9 Å². The molecule has 0 spiro atoms. The Kier molecular flexibility index (Phi) is 4.06. The van der Waals surface area contributed by atoms with Crippen LogP contribution in [0.2, 0.25) is 5.02 Å². The molecule has 0 aliphatic heterocycles. The number of carboxylic acid groups (broad SMARTS) is 1. The van der Waals surface area contributed by atoms with Crippen LogP contribution in [0.4, 0.5) is 26.3 Å². The minimum atomic E-state index is -5.08. The summed E-state index contributed by atoms with van der Waals surface area (Å²) >= 11 is 5.81. The maximum absolute atomic E-state index is 13.5. The van der Waals surface area contributed by atoms with Crippen LogP contribution in [-0.4, -0.2) is 11.1 Å². The van der Waals surface area contributed by atoms with Crippen molar-refractivity contribution in [1.82, 2.24) is 0 Å². The molecule has 1 N–H and O–H groups in total. The lowest BCUT2D eigenvalue weighted by molar-refractivity contribution is -0.142. The molecule has 0 unspecified atom stereocenters. The van der Waals surface area contributed by atoms with Crippen molar-refractivity contribution >= 4 is 39.1 Å². The second kappa shape index (κ2) is 5.77. The molecule has 0 aromatic heterocycles. The van der Waals surface area contributed by atoms with Crippen LogP contribution in [0.15, 0.2) is 36.4 Å². The molecule has 0 aliphatic rings. The van der Waals surface area contributed by atoms with Gasteiger partial charge in [0.05, 0.1) is 16.7 Å². The van der Waals surface area contributed by atoms with Crippen LogP contribution in [0.5, 0.6) is 0 Å². The molecule has 136 valence electrons. The second-order valence-electron chi connectivity index (χ2n) is 5.54. The van der Waals surface area contributed by atoms with E-state index < -0.39 is 45.8 Å². The highest BCUT2D eigenvalue weighted by atomic mass is 35.5. The molecule has 3 rings (SSSR count). The zero-order valence-corrected chi connectivity index (χ0v) is 13.2. The fourth-order valence-corrected chi connectivity index (χ4v) is 3.01. The number of carboxylic acids is 1. The molecule has 0 heterocycles. The third-order valence-electron chi connectivity index (χ3n) is 3.87. The molecule has 0 saturated carbocycles. The SMILES string of the molecule is O=C(O)c1cc2cc(C(F)(F)F)cc(C(F)(F)F)c2c2cc(Cl)ccc12. The Hall–Kier alpha value is -2.48. The number of hydrogen-bond acceptors (Lipinski definition) is 1. The fourth-order valence-electron chi connectivity index (χ4n) is 2.83. The number of halogens is 7. The number of aromatic carboxylic acids is 1.